The van der Waals surface area contributed by atoms with Crippen LogP contribution in [0, 0.1) is 5.82 Å². The molecule has 0 unspecified atom stereocenters. The highest BCUT2D eigenvalue weighted by molar-refractivity contribution is 6.05. The van der Waals surface area contributed by atoms with Crippen LogP contribution in [0.25, 0.3) is 0 Å². The van der Waals surface area contributed by atoms with Gasteiger partial charge in [0.2, 0.25) is 0 Å². The van der Waals surface area contributed by atoms with E-state index in [1.165, 1.54) is 18.2 Å². The molecule has 7 heteroatoms. The molecule has 6 nitrogen and oxygen atoms in total. The van der Waals surface area contributed by atoms with Crippen molar-refractivity contribution in [2.24, 2.45) is 0 Å². The average molecular weight is 419 g/mol. The summed E-state index contributed by atoms with van der Waals surface area (Å²) in [6.07, 6.45) is 0. The molecule has 0 aromatic heterocycles. The number of anilines is 3. The Labute approximate surface area is 179 Å². The molecule has 0 radical (unpaired) electrons. The number of carboxylic acids is 1. The fourth-order valence-electron chi connectivity index (χ4n) is 3.71. The molecule has 4 rings (SSSR count). The summed E-state index contributed by atoms with van der Waals surface area (Å²) in [4.78, 5) is 28.4. The predicted octanol–water partition coefficient (Wildman–Crippen LogP) is 4.10. The lowest BCUT2D eigenvalue weighted by atomic mass is 10.1. The molecule has 2 N–H and O–H groups in total. The van der Waals surface area contributed by atoms with Gasteiger partial charge in [0.05, 0.1) is 11.3 Å². The quantitative estimate of drug-likeness (QED) is 0.651. The van der Waals surface area contributed by atoms with E-state index in [0.717, 1.165) is 5.69 Å². The summed E-state index contributed by atoms with van der Waals surface area (Å²) >= 11 is 0. The van der Waals surface area contributed by atoms with Gasteiger partial charge in [0.1, 0.15) is 5.82 Å². The van der Waals surface area contributed by atoms with E-state index < -0.39 is 5.97 Å². The molecule has 0 atom stereocenters. The molecule has 1 amide bonds. The number of hydrogen-bond donors (Lipinski definition) is 2. The van der Waals surface area contributed by atoms with Gasteiger partial charge in [0.25, 0.3) is 5.91 Å². The van der Waals surface area contributed by atoms with E-state index in [1.807, 2.05) is 11.0 Å². The standard InChI is InChI=1S/C24H22FN3O3/c25-18-6-9-20(10-7-18)27-12-14-28(15-13-27)22-11-8-19(16-21(22)24(30)31)26-23(29)17-4-2-1-3-5-17/h1-11,16H,12-15H2,(H,26,29)(H,30,31). The smallest absolute Gasteiger partial charge is 0.337 e. The molecule has 0 saturated carbocycles. The second-order valence-corrected chi connectivity index (χ2v) is 7.31. The number of nitrogens with zero attached hydrogens (tertiary/aromatic N) is 2. The van der Waals surface area contributed by atoms with Gasteiger partial charge in [-0.15, -0.1) is 0 Å². The first-order valence-electron chi connectivity index (χ1n) is 10.0. The highest BCUT2D eigenvalue weighted by Crippen LogP contribution is 2.27. The van der Waals surface area contributed by atoms with Crippen LogP contribution in [0.5, 0.6) is 0 Å². The number of aromatic carboxylic acids is 1. The van der Waals surface area contributed by atoms with Crippen molar-refractivity contribution in [1.82, 2.24) is 0 Å². The van der Waals surface area contributed by atoms with Crippen LogP contribution in [-0.2, 0) is 0 Å². The minimum Gasteiger partial charge on any atom is -0.478 e. The number of nitrogens with one attached hydrogen (secondary N) is 1. The summed E-state index contributed by atoms with van der Waals surface area (Å²) < 4.78 is 13.2. The summed E-state index contributed by atoms with van der Waals surface area (Å²) in [7, 11) is 0. The summed E-state index contributed by atoms with van der Waals surface area (Å²) in [6.45, 7) is 2.65. The van der Waals surface area contributed by atoms with E-state index in [4.69, 9.17) is 0 Å². The van der Waals surface area contributed by atoms with Gasteiger partial charge in [-0.2, -0.15) is 0 Å². The second kappa shape index (κ2) is 8.87. The Bertz CT molecular complexity index is 1080. The third-order valence-corrected chi connectivity index (χ3v) is 5.33. The average Bonchev–Trinajstić information content (AvgIpc) is 2.80. The zero-order valence-corrected chi connectivity index (χ0v) is 16.8. The number of hydrogen-bond acceptors (Lipinski definition) is 4. The molecule has 0 aliphatic carbocycles. The second-order valence-electron chi connectivity index (χ2n) is 7.31. The Morgan fingerprint density at radius 3 is 2.13 bits per heavy atom. The molecule has 31 heavy (non-hydrogen) atoms. The SMILES string of the molecule is O=C(Nc1ccc(N2CCN(c3ccc(F)cc3)CC2)c(C(=O)O)c1)c1ccccc1. The number of halogens is 1. The molecule has 1 saturated heterocycles. The maximum absolute atomic E-state index is 13.2. The topological polar surface area (TPSA) is 72.9 Å². The third kappa shape index (κ3) is 4.66. The van der Waals surface area contributed by atoms with Gasteiger partial charge < -0.3 is 20.2 Å². The highest BCUT2D eigenvalue weighted by atomic mass is 19.1. The van der Waals surface area contributed by atoms with Crippen LogP contribution in [-0.4, -0.2) is 43.2 Å². The first kappa shape index (κ1) is 20.4. The van der Waals surface area contributed by atoms with Crippen molar-refractivity contribution in [2.75, 3.05) is 41.3 Å². The first-order valence-corrected chi connectivity index (χ1v) is 10.0. The van der Waals surface area contributed by atoms with Gasteiger partial charge in [0.15, 0.2) is 0 Å². The molecule has 1 fully saturated rings. The van der Waals surface area contributed by atoms with E-state index in [2.05, 4.69) is 10.2 Å². The largest absolute Gasteiger partial charge is 0.478 e. The number of benzene rings is 3. The summed E-state index contributed by atoms with van der Waals surface area (Å²) in [5, 5.41) is 12.5. The maximum Gasteiger partial charge on any atom is 0.337 e. The normalized spacial score (nSPS) is 13.7. The number of amides is 1. The Kier molecular flexibility index (Phi) is 5.84. The molecule has 0 spiro atoms. The van der Waals surface area contributed by atoms with E-state index in [1.54, 1.807) is 48.5 Å². The third-order valence-electron chi connectivity index (χ3n) is 5.33. The van der Waals surface area contributed by atoms with Crippen LogP contribution in [0.4, 0.5) is 21.5 Å². The monoisotopic (exact) mass is 419 g/mol. The molecular formula is C24H22FN3O3. The van der Waals surface area contributed by atoms with E-state index in [9.17, 15) is 19.1 Å². The molecule has 3 aromatic carbocycles. The van der Waals surface area contributed by atoms with Gasteiger partial charge in [0, 0.05) is 43.1 Å². The van der Waals surface area contributed by atoms with Gasteiger partial charge in [-0.3, -0.25) is 4.79 Å². The molecule has 3 aromatic rings. The predicted molar refractivity (Wildman–Crippen MR) is 119 cm³/mol. The van der Waals surface area contributed by atoms with Crippen molar-refractivity contribution in [2.45, 2.75) is 0 Å². The Morgan fingerprint density at radius 1 is 0.839 bits per heavy atom. The Hall–Kier alpha value is -3.87. The van der Waals surface area contributed by atoms with Crippen molar-refractivity contribution in [1.29, 1.82) is 0 Å². The van der Waals surface area contributed by atoms with Crippen LogP contribution in [0.2, 0.25) is 0 Å². The van der Waals surface area contributed by atoms with Crippen LogP contribution in [0.15, 0.2) is 72.8 Å². The number of carbonyl (C=O) groups is 2. The van der Waals surface area contributed by atoms with E-state index in [-0.39, 0.29) is 17.3 Å². The molecular weight excluding hydrogens is 397 g/mol. The van der Waals surface area contributed by atoms with E-state index in [0.29, 0.717) is 43.1 Å². The number of piperazine rings is 1. The summed E-state index contributed by atoms with van der Waals surface area (Å²) in [5.41, 5.74) is 2.63. The fraction of sp³-hybridized carbons (Fsp3) is 0.167. The van der Waals surface area contributed by atoms with Crippen LogP contribution in [0.3, 0.4) is 0 Å². The minimum atomic E-state index is -1.05. The van der Waals surface area contributed by atoms with Crippen molar-refractivity contribution in [3.05, 3.63) is 89.7 Å². The van der Waals surface area contributed by atoms with Gasteiger partial charge in [-0.05, 0) is 54.6 Å². The van der Waals surface area contributed by atoms with Crippen molar-refractivity contribution in [3.63, 3.8) is 0 Å². The van der Waals surface area contributed by atoms with Gasteiger partial charge in [-0.25, -0.2) is 9.18 Å². The van der Waals surface area contributed by atoms with Crippen LogP contribution in [0.1, 0.15) is 20.7 Å². The minimum absolute atomic E-state index is 0.140. The molecule has 158 valence electrons. The van der Waals surface area contributed by atoms with Crippen molar-refractivity contribution >= 4 is 28.9 Å². The van der Waals surface area contributed by atoms with Gasteiger partial charge >= 0.3 is 5.97 Å². The molecule has 1 heterocycles. The molecule has 1 aliphatic rings. The van der Waals surface area contributed by atoms with Gasteiger partial charge in [-0.1, -0.05) is 18.2 Å². The lowest BCUT2D eigenvalue weighted by Crippen LogP contribution is -2.47. The summed E-state index contributed by atoms with van der Waals surface area (Å²) in [6, 6.07) is 20.1. The lowest BCUT2D eigenvalue weighted by molar-refractivity contribution is 0.0697. The van der Waals surface area contributed by atoms with Crippen LogP contribution >= 0.6 is 0 Å². The lowest BCUT2D eigenvalue weighted by Gasteiger charge is -2.38. The highest BCUT2D eigenvalue weighted by Gasteiger charge is 2.22. The van der Waals surface area contributed by atoms with Crippen LogP contribution < -0.4 is 15.1 Å². The number of carboxylic acid groups (broad SMARTS) is 1. The zero-order chi connectivity index (χ0) is 21.8. The Balaban J connectivity index is 1.48. The zero-order valence-electron chi connectivity index (χ0n) is 16.8. The fourth-order valence-corrected chi connectivity index (χ4v) is 3.71. The number of rotatable bonds is 5. The molecule has 0 bridgehead atoms. The Morgan fingerprint density at radius 2 is 1.48 bits per heavy atom. The summed E-state index contributed by atoms with van der Waals surface area (Å²) in [5.74, 6) is -1.61. The van der Waals surface area contributed by atoms with Crippen molar-refractivity contribution in [3.8, 4) is 0 Å². The molecule has 1 aliphatic heterocycles. The van der Waals surface area contributed by atoms with E-state index >= 15 is 0 Å². The van der Waals surface area contributed by atoms with Crippen molar-refractivity contribution < 1.29 is 19.1 Å². The number of carbonyl (C=O) groups excluding carboxylic acids is 1. The first-order chi connectivity index (χ1) is 15.0. The maximum atomic E-state index is 13.2.